The number of likely N-dealkylation sites (tertiary alicyclic amines) is 1. The average Bonchev–Trinajstić information content (AvgIpc) is 3.34. The highest BCUT2D eigenvalue weighted by molar-refractivity contribution is 5.93. The molecule has 0 aliphatic carbocycles. The number of carbonyl (C=O) groups is 2. The molecule has 27 heavy (non-hydrogen) atoms. The zero-order chi connectivity index (χ0) is 19.4. The van der Waals surface area contributed by atoms with E-state index in [9.17, 15) is 9.59 Å². The van der Waals surface area contributed by atoms with Gasteiger partial charge < -0.3 is 14.7 Å². The third kappa shape index (κ3) is 4.20. The van der Waals surface area contributed by atoms with Gasteiger partial charge in [0.05, 0.1) is 17.7 Å². The molecule has 8 heteroatoms. The van der Waals surface area contributed by atoms with E-state index in [0.29, 0.717) is 31.1 Å². The Morgan fingerprint density at radius 2 is 2.19 bits per heavy atom. The third-order valence-corrected chi connectivity index (χ3v) is 5.11. The molecule has 1 unspecified atom stereocenters. The molecule has 1 aliphatic heterocycles. The monoisotopic (exact) mass is 373 g/mol. The maximum Gasteiger partial charge on any atom is 0.274 e. The Bertz CT molecular complexity index is 812. The minimum atomic E-state index is -0.630. The second kappa shape index (κ2) is 7.94. The predicted octanol–water partition coefficient (Wildman–Crippen LogP) is 2.01. The van der Waals surface area contributed by atoms with Crippen molar-refractivity contribution in [3.63, 3.8) is 0 Å². The third-order valence-electron chi connectivity index (χ3n) is 5.11. The summed E-state index contributed by atoms with van der Waals surface area (Å²) in [7, 11) is 0. The van der Waals surface area contributed by atoms with E-state index in [1.807, 2.05) is 26.8 Å². The van der Waals surface area contributed by atoms with Crippen molar-refractivity contribution < 1.29 is 14.1 Å². The van der Waals surface area contributed by atoms with Crippen LogP contribution in [0.5, 0.6) is 0 Å². The van der Waals surface area contributed by atoms with Crippen LogP contribution >= 0.6 is 0 Å². The molecule has 2 amide bonds. The number of nitrogens with one attached hydrogen (secondary N) is 1. The lowest BCUT2D eigenvalue weighted by Gasteiger charge is -2.39. The number of piperidine rings is 1. The van der Waals surface area contributed by atoms with Crippen molar-refractivity contribution in [2.45, 2.75) is 53.1 Å². The fraction of sp³-hybridized carbons (Fsp3) is 0.579. The van der Waals surface area contributed by atoms with Gasteiger partial charge in [0.15, 0.2) is 5.76 Å². The Morgan fingerprint density at radius 1 is 1.37 bits per heavy atom. The molecular weight excluding hydrogens is 346 g/mol. The number of rotatable bonds is 6. The van der Waals surface area contributed by atoms with Crippen molar-refractivity contribution in [3.8, 4) is 0 Å². The minimum absolute atomic E-state index is 0.0754. The maximum absolute atomic E-state index is 12.8. The summed E-state index contributed by atoms with van der Waals surface area (Å²) in [4.78, 5) is 27.3. The molecule has 0 spiro atoms. The maximum atomic E-state index is 12.8. The summed E-state index contributed by atoms with van der Waals surface area (Å²) in [5.74, 6) is 0.440. The van der Waals surface area contributed by atoms with E-state index in [4.69, 9.17) is 4.52 Å². The largest absolute Gasteiger partial charge is 0.359 e. The van der Waals surface area contributed by atoms with Crippen LogP contribution in [0.1, 0.15) is 55.6 Å². The van der Waals surface area contributed by atoms with Crippen LogP contribution in [0.25, 0.3) is 0 Å². The summed E-state index contributed by atoms with van der Waals surface area (Å²) in [6.07, 6.45) is 4.11. The molecule has 3 heterocycles. The van der Waals surface area contributed by atoms with Crippen molar-refractivity contribution >= 4 is 11.8 Å². The number of aryl methyl sites for hydroxylation is 2. The molecule has 146 valence electrons. The number of aromatic nitrogens is 3. The van der Waals surface area contributed by atoms with Crippen molar-refractivity contribution in [2.75, 3.05) is 13.1 Å². The lowest BCUT2D eigenvalue weighted by Crippen LogP contribution is -2.51. The molecule has 2 aromatic rings. The number of amides is 2. The molecule has 2 aromatic heterocycles. The van der Waals surface area contributed by atoms with E-state index >= 15 is 0 Å². The van der Waals surface area contributed by atoms with Crippen molar-refractivity contribution in [1.29, 1.82) is 0 Å². The molecular formula is C19H27N5O3. The highest BCUT2D eigenvalue weighted by Gasteiger charge is 2.39. The molecule has 0 saturated carbocycles. The normalized spacial score (nSPS) is 19.9. The van der Waals surface area contributed by atoms with E-state index in [1.54, 1.807) is 21.8 Å². The van der Waals surface area contributed by atoms with Crippen molar-refractivity contribution in [2.24, 2.45) is 5.41 Å². The molecule has 1 N–H and O–H groups in total. The zero-order valence-corrected chi connectivity index (χ0v) is 16.2. The van der Waals surface area contributed by atoms with Crippen LogP contribution in [0.15, 0.2) is 22.9 Å². The Hall–Kier alpha value is -2.64. The first-order chi connectivity index (χ1) is 12.9. The minimum Gasteiger partial charge on any atom is -0.359 e. The van der Waals surface area contributed by atoms with Gasteiger partial charge in [-0.15, -0.1) is 0 Å². The van der Waals surface area contributed by atoms with Crippen LogP contribution in [-0.4, -0.2) is 44.7 Å². The highest BCUT2D eigenvalue weighted by atomic mass is 16.5. The molecule has 1 aliphatic rings. The quantitative estimate of drug-likeness (QED) is 0.836. The Labute approximate surface area is 158 Å². The SMILES string of the molecule is CCc1cc(CNC(=O)C2(C)CCCN(C(=O)c3ccn(CC)n3)C2)on1. The van der Waals surface area contributed by atoms with Gasteiger partial charge in [-0.25, -0.2) is 0 Å². The van der Waals surface area contributed by atoms with E-state index in [0.717, 1.165) is 31.5 Å². The van der Waals surface area contributed by atoms with Crippen LogP contribution in [-0.2, 0) is 24.3 Å². The van der Waals surface area contributed by atoms with Crippen molar-refractivity contribution in [3.05, 3.63) is 35.5 Å². The van der Waals surface area contributed by atoms with Gasteiger partial charge in [-0.2, -0.15) is 5.10 Å². The second-order valence-electron chi connectivity index (χ2n) is 7.27. The zero-order valence-electron chi connectivity index (χ0n) is 16.2. The van der Waals surface area contributed by atoms with Gasteiger partial charge >= 0.3 is 0 Å². The Morgan fingerprint density at radius 3 is 2.85 bits per heavy atom. The van der Waals surface area contributed by atoms with Gasteiger partial charge in [-0.05, 0) is 39.2 Å². The molecule has 0 aromatic carbocycles. The van der Waals surface area contributed by atoms with Gasteiger partial charge in [-0.1, -0.05) is 12.1 Å². The summed E-state index contributed by atoms with van der Waals surface area (Å²) < 4.78 is 6.94. The summed E-state index contributed by atoms with van der Waals surface area (Å²) in [6, 6.07) is 3.58. The lowest BCUT2D eigenvalue weighted by molar-refractivity contribution is -0.132. The van der Waals surface area contributed by atoms with Crippen LogP contribution in [0.2, 0.25) is 0 Å². The lowest BCUT2D eigenvalue weighted by atomic mass is 9.81. The van der Waals surface area contributed by atoms with Gasteiger partial charge in [0.2, 0.25) is 5.91 Å². The molecule has 1 saturated heterocycles. The molecule has 1 atom stereocenters. The number of nitrogens with zero attached hydrogens (tertiary/aromatic N) is 4. The first-order valence-electron chi connectivity index (χ1n) is 9.50. The van der Waals surface area contributed by atoms with Crippen molar-refractivity contribution in [1.82, 2.24) is 25.2 Å². The number of hydrogen-bond acceptors (Lipinski definition) is 5. The predicted molar refractivity (Wildman–Crippen MR) is 98.9 cm³/mol. The van der Waals surface area contributed by atoms with Gasteiger partial charge in [0, 0.05) is 31.9 Å². The topological polar surface area (TPSA) is 93.3 Å². The average molecular weight is 373 g/mol. The highest BCUT2D eigenvalue weighted by Crippen LogP contribution is 2.30. The summed E-state index contributed by atoms with van der Waals surface area (Å²) in [6.45, 7) is 7.92. The molecule has 3 rings (SSSR count). The smallest absolute Gasteiger partial charge is 0.274 e. The summed E-state index contributed by atoms with van der Waals surface area (Å²) >= 11 is 0. The molecule has 0 radical (unpaired) electrons. The van der Waals surface area contributed by atoms with Crippen LogP contribution in [0.3, 0.4) is 0 Å². The van der Waals surface area contributed by atoms with Gasteiger partial charge in [0.1, 0.15) is 5.69 Å². The molecule has 0 bridgehead atoms. The first-order valence-corrected chi connectivity index (χ1v) is 9.50. The van der Waals surface area contributed by atoms with Gasteiger partial charge in [0.25, 0.3) is 5.91 Å². The number of carbonyl (C=O) groups excluding carboxylic acids is 2. The molecule has 1 fully saturated rings. The summed E-state index contributed by atoms with van der Waals surface area (Å²) in [5, 5.41) is 11.1. The first kappa shape index (κ1) is 19.1. The summed E-state index contributed by atoms with van der Waals surface area (Å²) in [5.41, 5.74) is 0.663. The van der Waals surface area contributed by atoms with E-state index in [-0.39, 0.29) is 11.8 Å². The fourth-order valence-electron chi connectivity index (χ4n) is 3.40. The van der Waals surface area contributed by atoms with E-state index in [2.05, 4.69) is 15.6 Å². The van der Waals surface area contributed by atoms with Crippen LogP contribution < -0.4 is 5.32 Å². The van der Waals surface area contributed by atoms with Gasteiger partial charge in [-0.3, -0.25) is 14.3 Å². The van der Waals surface area contributed by atoms with E-state index in [1.165, 1.54) is 0 Å². The second-order valence-corrected chi connectivity index (χ2v) is 7.27. The van der Waals surface area contributed by atoms with Crippen LogP contribution in [0.4, 0.5) is 0 Å². The fourth-order valence-corrected chi connectivity index (χ4v) is 3.40. The van der Waals surface area contributed by atoms with E-state index < -0.39 is 5.41 Å². The Balaban J connectivity index is 1.62. The standard InChI is InChI=1S/C19H27N5O3/c1-4-14-11-15(27-22-14)12-20-18(26)19(3)8-6-9-23(13-19)17(25)16-7-10-24(5-2)21-16/h7,10-11H,4-6,8-9,12-13H2,1-3H3,(H,20,26). The Kier molecular flexibility index (Phi) is 5.62. The van der Waals surface area contributed by atoms with Crippen LogP contribution in [0, 0.1) is 5.41 Å². The number of hydrogen-bond donors (Lipinski definition) is 1. The molecule has 8 nitrogen and oxygen atoms in total.